The molecule has 1 aliphatic carbocycles. The average Bonchev–Trinajstić information content (AvgIpc) is 3.18. The Morgan fingerprint density at radius 2 is 1.67 bits per heavy atom. The van der Waals surface area contributed by atoms with Gasteiger partial charge in [-0.1, -0.05) is 72.2 Å². The van der Waals surface area contributed by atoms with Crippen LogP contribution in [-0.4, -0.2) is 38.7 Å². The van der Waals surface area contributed by atoms with Crippen LogP contribution in [0.3, 0.4) is 0 Å². The molecule has 2 atom stereocenters. The van der Waals surface area contributed by atoms with E-state index in [1.54, 1.807) is 24.3 Å². The number of rotatable bonds is 5. The smallest absolute Gasteiger partial charge is 0.342 e. The van der Waals surface area contributed by atoms with Crippen molar-refractivity contribution in [3.8, 4) is 17.1 Å². The summed E-state index contributed by atoms with van der Waals surface area (Å²) in [6, 6.07) is 6.84. The number of aromatic nitrogens is 3. The molecule has 4 rings (SSSR count). The first-order valence-electron chi connectivity index (χ1n) is 13.5. The third-order valence-corrected chi connectivity index (χ3v) is 8.37. The molecule has 8 nitrogen and oxygen atoms in total. The zero-order valence-electron chi connectivity index (χ0n) is 24.1. The van der Waals surface area contributed by atoms with Gasteiger partial charge in [0.25, 0.3) is 6.01 Å². The number of fused-ring (bicyclic) bond motifs is 1. The van der Waals surface area contributed by atoms with Gasteiger partial charge in [0.1, 0.15) is 11.7 Å². The Morgan fingerprint density at radius 1 is 1.10 bits per heavy atom. The molecular weight excluding hydrogens is 518 g/mol. The van der Waals surface area contributed by atoms with Gasteiger partial charge in [-0.3, -0.25) is 4.98 Å². The largest absolute Gasteiger partial charge is 0.468 e. The Bertz CT molecular complexity index is 1390. The number of nitrogens with zero attached hydrogens (tertiary/aromatic N) is 2. The van der Waals surface area contributed by atoms with Crippen molar-refractivity contribution in [2.45, 2.75) is 74.0 Å². The summed E-state index contributed by atoms with van der Waals surface area (Å²) in [4.78, 5) is 34.4. The number of carbonyl (C=O) groups is 1. The summed E-state index contributed by atoms with van der Waals surface area (Å²) in [6.45, 7) is 14.9. The summed E-state index contributed by atoms with van der Waals surface area (Å²) in [5.41, 5.74) is 0.628. The number of halogens is 1. The predicted molar refractivity (Wildman–Crippen MR) is 152 cm³/mol. The molecule has 0 radical (unpaired) electrons. The maximum Gasteiger partial charge on any atom is 0.342 e. The topological polar surface area (TPSA) is 106 Å². The minimum Gasteiger partial charge on any atom is -0.468 e. The Morgan fingerprint density at radius 3 is 2.15 bits per heavy atom. The van der Waals surface area contributed by atoms with Crippen LogP contribution in [-0.2, 0) is 11.3 Å². The molecule has 0 saturated heterocycles. The Balaban J connectivity index is 1.95. The van der Waals surface area contributed by atoms with Crippen LogP contribution in [0.2, 0.25) is 5.02 Å². The van der Waals surface area contributed by atoms with Crippen LogP contribution in [0.15, 0.2) is 29.1 Å². The molecule has 2 aromatic heterocycles. The molecule has 39 heavy (non-hydrogen) atoms. The second-order valence-corrected chi connectivity index (χ2v) is 13.4. The van der Waals surface area contributed by atoms with Crippen molar-refractivity contribution < 1.29 is 19.4 Å². The number of carbonyl (C=O) groups excluding carboxylic acids is 1. The molecule has 2 N–H and O–H groups in total. The summed E-state index contributed by atoms with van der Waals surface area (Å²) in [5, 5.41) is 10.9. The lowest BCUT2D eigenvalue weighted by Crippen LogP contribution is -2.49. The molecule has 1 fully saturated rings. The van der Waals surface area contributed by atoms with Crippen LogP contribution in [0, 0.1) is 28.6 Å². The summed E-state index contributed by atoms with van der Waals surface area (Å²) in [6.07, 6.45) is 1.55. The van der Waals surface area contributed by atoms with Crippen LogP contribution in [0.5, 0.6) is 6.01 Å². The van der Waals surface area contributed by atoms with E-state index in [9.17, 15) is 14.7 Å². The number of ether oxygens (including phenoxy) is 2. The normalized spacial score (nSPS) is 22.2. The van der Waals surface area contributed by atoms with E-state index in [-0.39, 0.29) is 51.7 Å². The van der Waals surface area contributed by atoms with Gasteiger partial charge in [0, 0.05) is 22.4 Å². The molecule has 2 heterocycles. The maximum atomic E-state index is 14.3. The van der Waals surface area contributed by atoms with Crippen LogP contribution >= 0.6 is 11.6 Å². The molecule has 1 saturated carbocycles. The number of methoxy groups -OCH3 is 1. The summed E-state index contributed by atoms with van der Waals surface area (Å²) < 4.78 is 12.9. The molecule has 1 aromatic carbocycles. The van der Waals surface area contributed by atoms with Gasteiger partial charge < -0.3 is 14.6 Å². The Kier molecular flexibility index (Phi) is 7.94. The first kappa shape index (κ1) is 29.2. The molecule has 0 bridgehead atoms. The van der Waals surface area contributed by atoms with E-state index in [0.717, 1.165) is 12.8 Å². The first-order valence-corrected chi connectivity index (χ1v) is 13.8. The zero-order chi connectivity index (χ0) is 28.9. The number of aliphatic hydroxyl groups is 1. The third-order valence-electron chi connectivity index (χ3n) is 8.12. The summed E-state index contributed by atoms with van der Waals surface area (Å²) in [7, 11) is 1.38. The second kappa shape index (κ2) is 10.6. The van der Waals surface area contributed by atoms with Gasteiger partial charge in [0.2, 0.25) is 0 Å². The minimum absolute atomic E-state index is 0.0437. The van der Waals surface area contributed by atoms with Crippen LogP contribution in [0.4, 0.5) is 0 Å². The van der Waals surface area contributed by atoms with E-state index in [1.807, 2.05) is 0 Å². The van der Waals surface area contributed by atoms with E-state index >= 15 is 0 Å². The van der Waals surface area contributed by atoms with Gasteiger partial charge in [-0.25, -0.2) is 14.0 Å². The van der Waals surface area contributed by atoms with E-state index < -0.39 is 18.3 Å². The lowest BCUT2D eigenvalue weighted by molar-refractivity contribution is -0.0922. The molecule has 0 amide bonds. The molecule has 0 aliphatic heterocycles. The van der Waals surface area contributed by atoms with Gasteiger partial charge >= 0.3 is 11.7 Å². The maximum absolute atomic E-state index is 14.3. The number of esters is 1. The number of hydrogen-bond donors (Lipinski definition) is 2. The summed E-state index contributed by atoms with van der Waals surface area (Å²) >= 11 is 6.15. The fraction of sp³-hybridized carbons (Fsp3) is 0.567. The molecule has 2 unspecified atom stereocenters. The highest BCUT2D eigenvalue weighted by molar-refractivity contribution is 6.30. The van der Waals surface area contributed by atoms with Gasteiger partial charge in [-0.05, 0) is 47.3 Å². The summed E-state index contributed by atoms with van der Waals surface area (Å²) in [5.74, 6) is 0.176. The number of aromatic amines is 1. The molecule has 9 heteroatoms. The Labute approximate surface area is 234 Å². The van der Waals surface area contributed by atoms with Crippen molar-refractivity contribution in [2.75, 3.05) is 7.11 Å². The first-order chi connectivity index (χ1) is 18.2. The fourth-order valence-electron chi connectivity index (χ4n) is 6.12. The predicted octanol–water partition coefficient (Wildman–Crippen LogP) is 6.12. The number of hydrogen-bond acceptors (Lipinski definition) is 6. The fourth-order valence-corrected chi connectivity index (χ4v) is 6.25. The van der Waals surface area contributed by atoms with Crippen molar-refractivity contribution in [3.05, 3.63) is 51.0 Å². The highest BCUT2D eigenvalue weighted by atomic mass is 35.5. The molecule has 212 valence electrons. The van der Waals surface area contributed by atoms with Gasteiger partial charge in [0.15, 0.2) is 5.65 Å². The van der Waals surface area contributed by atoms with Crippen LogP contribution in [0.25, 0.3) is 16.8 Å². The van der Waals surface area contributed by atoms with Crippen LogP contribution in [0.1, 0.15) is 77.4 Å². The van der Waals surface area contributed by atoms with E-state index in [2.05, 4.69) is 58.4 Å². The zero-order valence-corrected chi connectivity index (χ0v) is 24.8. The molecule has 1 aliphatic rings. The van der Waals surface area contributed by atoms with E-state index in [0.29, 0.717) is 22.1 Å². The van der Waals surface area contributed by atoms with Crippen molar-refractivity contribution in [3.63, 3.8) is 0 Å². The van der Waals surface area contributed by atoms with Crippen LogP contribution < -0.4 is 10.4 Å². The van der Waals surface area contributed by atoms with E-state index in [1.165, 1.54) is 11.5 Å². The lowest BCUT2D eigenvalue weighted by atomic mass is 9.59. The number of benzene rings is 1. The van der Waals surface area contributed by atoms with Crippen molar-refractivity contribution >= 4 is 23.2 Å². The van der Waals surface area contributed by atoms with Gasteiger partial charge in [-0.15, -0.1) is 0 Å². The lowest BCUT2D eigenvalue weighted by Gasteiger charge is -2.50. The number of aliphatic hydroxyl groups excluding tert-OH is 1. The quantitative estimate of drug-likeness (QED) is 0.366. The average molecular weight is 558 g/mol. The highest BCUT2D eigenvalue weighted by Crippen LogP contribution is 2.50. The van der Waals surface area contributed by atoms with Crippen molar-refractivity contribution in [1.29, 1.82) is 0 Å². The second-order valence-electron chi connectivity index (χ2n) is 13.0. The van der Waals surface area contributed by atoms with Gasteiger partial charge in [0.05, 0.1) is 19.4 Å². The molecule has 3 aromatic rings. The number of nitrogens with one attached hydrogen (secondary N) is 1. The molecule has 0 spiro atoms. The number of H-pyrrole nitrogens is 1. The monoisotopic (exact) mass is 557 g/mol. The van der Waals surface area contributed by atoms with Crippen molar-refractivity contribution in [2.24, 2.45) is 28.6 Å². The van der Waals surface area contributed by atoms with E-state index in [4.69, 9.17) is 21.1 Å². The minimum atomic E-state index is -0.583. The SMILES string of the molecule is COc1nc2c(C(=O)OC3C(C(C)(C)C)CC(C)CC3C(C)(C)C)c(-c3ccc(Cl)cc3)c(CO)n2c(=O)[nH]1. The molecular formula is C30H40ClN3O5. The highest BCUT2D eigenvalue weighted by Gasteiger charge is 2.48. The van der Waals surface area contributed by atoms with Crippen molar-refractivity contribution in [1.82, 2.24) is 14.4 Å². The standard InChI is InChI=1S/C30H40ClN3O5/c1-16-13-19(29(2,3)4)24(20(14-16)30(5,6)7)39-26(36)23-22(17-9-11-18(31)12-10-17)21(15-35)34-25(23)32-27(38-8)33-28(34)37/h9-12,16,19-20,24,35H,13-15H2,1-8H3,(H,32,33,37). The van der Waals surface area contributed by atoms with Gasteiger partial charge in [-0.2, -0.15) is 4.98 Å². The third kappa shape index (κ3) is 5.59. The Hall–Kier alpha value is -2.84.